The van der Waals surface area contributed by atoms with Gasteiger partial charge in [0, 0.05) is 18.1 Å². The molecule has 2 aromatic carbocycles. The van der Waals surface area contributed by atoms with Gasteiger partial charge in [-0.2, -0.15) is 0 Å². The Bertz CT molecular complexity index is 816. The Kier molecular flexibility index (Phi) is 8.26. The lowest BCUT2D eigenvalue weighted by atomic mass is 10.1. The molecule has 0 radical (unpaired) electrons. The Morgan fingerprint density at radius 2 is 1.82 bits per heavy atom. The van der Waals surface area contributed by atoms with Gasteiger partial charge in [0.2, 0.25) is 5.91 Å². The molecule has 0 aromatic heterocycles. The fourth-order valence-corrected chi connectivity index (χ4v) is 3.00. The molecule has 2 amide bonds. The zero-order chi connectivity index (χ0) is 20.5. The summed E-state index contributed by atoms with van der Waals surface area (Å²) in [7, 11) is 0. The van der Waals surface area contributed by atoms with Gasteiger partial charge >= 0.3 is 0 Å². The first-order valence-electron chi connectivity index (χ1n) is 9.15. The number of nitrogens with zero attached hydrogens (tertiary/aromatic N) is 1. The first kappa shape index (κ1) is 21.7. The highest BCUT2D eigenvalue weighted by Crippen LogP contribution is 2.20. The highest BCUT2D eigenvalue weighted by molar-refractivity contribution is 6.31. The van der Waals surface area contributed by atoms with Crippen molar-refractivity contribution in [3.05, 3.63) is 64.9 Å². The maximum Gasteiger partial charge on any atom is 0.261 e. The molecule has 0 heterocycles. The van der Waals surface area contributed by atoms with E-state index in [1.54, 1.807) is 24.3 Å². The number of benzene rings is 2. The van der Waals surface area contributed by atoms with E-state index < -0.39 is 17.8 Å². The van der Waals surface area contributed by atoms with Crippen molar-refractivity contribution in [3.63, 3.8) is 0 Å². The number of ether oxygens (including phenoxy) is 1. The van der Waals surface area contributed by atoms with Crippen LogP contribution in [0.2, 0.25) is 5.02 Å². The van der Waals surface area contributed by atoms with E-state index in [1.807, 2.05) is 19.9 Å². The molecule has 0 aliphatic rings. The number of hydrogen-bond acceptors (Lipinski definition) is 3. The van der Waals surface area contributed by atoms with Gasteiger partial charge in [0.05, 0.1) is 0 Å². The van der Waals surface area contributed by atoms with Crippen molar-refractivity contribution in [2.45, 2.75) is 32.9 Å². The number of amides is 2. The minimum Gasteiger partial charge on any atom is -0.481 e. The predicted molar refractivity (Wildman–Crippen MR) is 107 cm³/mol. The van der Waals surface area contributed by atoms with Gasteiger partial charge in [-0.25, -0.2) is 4.39 Å². The third kappa shape index (κ3) is 5.70. The van der Waals surface area contributed by atoms with Crippen LogP contribution < -0.4 is 10.1 Å². The van der Waals surface area contributed by atoms with Crippen LogP contribution in [0.5, 0.6) is 5.75 Å². The van der Waals surface area contributed by atoms with Crippen molar-refractivity contribution < 1.29 is 18.7 Å². The van der Waals surface area contributed by atoms with Crippen LogP contribution in [0.1, 0.15) is 25.8 Å². The minimum atomic E-state index is -0.687. The summed E-state index contributed by atoms with van der Waals surface area (Å²) in [6, 6.07) is 12.3. The molecule has 5 nitrogen and oxygen atoms in total. The number of rotatable bonds is 9. The minimum absolute atomic E-state index is 0.0143. The summed E-state index contributed by atoms with van der Waals surface area (Å²) >= 11 is 6.24. The van der Waals surface area contributed by atoms with Crippen molar-refractivity contribution in [2.75, 3.05) is 13.2 Å². The molecule has 1 atom stereocenters. The summed E-state index contributed by atoms with van der Waals surface area (Å²) in [4.78, 5) is 26.8. The summed E-state index contributed by atoms with van der Waals surface area (Å²) in [5.41, 5.74) is 0.714. The molecule has 0 aliphatic heterocycles. The highest BCUT2D eigenvalue weighted by atomic mass is 35.5. The molecule has 0 aliphatic carbocycles. The highest BCUT2D eigenvalue weighted by Gasteiger charge is 2.29. The van der Waals surface area contributed by atoms with Crippen LogP contribution in [-0.4, -0.2) is 35.9 Å². The first-order chi connectivity index (χ1) is 13.5. The van der Waals surface area contributed by atoms with E-state index in [1.165, 1.54) is 23.1 Å². The zero-order valence-corrected chi connectivity index (χ0v) is 16.7. The molecule has 0 saturated carbocycles. The molecule has 0 bridgehead atoms. The van der Waals surface area contributed by atoms with E-state index >= 15 is 0 Å². The van der Waals surface area contributed by atoms with Gasteiger partial charge in [0.1, 0.15) is 6.04 Å². The average molecular weight is 407 g/mol. The third-order valence-electron chi connectivity index (χ3n) is 4.22. The lowest BCUT2D eigenvalue weighted by Gasteiger charge is -2.30. The van der Waals surface area contributed by atoms with Crippen LogP contribution in [0.3, 0.4) is 0 Å². The second kappa shape index (κ2) is 10.7. The summed E-state index contributed by atoms with van der Waals surface area (Å²) < 4.78 is 19.1. The second-order valence-corrected chi connectivity index (χ2v) is 6.56. The fraction of sp³-hybridized carbons (Fsp3) is 0.333. The maximum absolute atomic E-state index is 13.8. The maximum atomic E-state index is 13.8. The van der Waals surface area contributed by atoms with E-state index in [9.17, 15) is 14.0 Å². The lowest BCUT2D eigenvalue weighted by Crippen LogP contribution is -2.50. The van der Waals surface area contributed by atoms with Crippen LogP contribution in [0.25, 0.3) is 0 Å². The number of carbonyl (C=O) groups excluding carboxylic acids is 2. The Hall–Kier alpha value is -2.60. The van der Waals surface area contributed by atoms with Crippen LogP contribution in [-0.2, 0) is 16.1 Å². The molecular weight excluding hydrogens is 383 g/mol. The molecule has 0 spiro atoms. The topological polar surface area (TPSA) is 58.6 Å². The molecule has 28 heavy (non-hydrogen) atoms. The SMILES string of the molecule is CCNC(=O)[C@H](CC)N(Cc1ccccc1Cl)C(=O)COc1ccccc1F. The number of likely N-dealkylation sites (N-methyl/N-ethyl adjacent to an activating group) is 1. The van der Waals surface area contributed by atoms with Gasteiger partial charge in [-0.3, -0.25) is 9.59 Å². The fourth-order valence-electron chi connectivity index (χ4n) is 2.81. The van der Waals surface area contributed by atoms with Crippen molar-refractivity contribution in [2.24, 2.45) is 0 Å². The van der Waals surface area contributed by atoms with Crippen LogP contribution in [0.4, 0.5) is 4.39 Å². The monoisotopic (exact) mass is 406 g/mol. The molecule has 0 unspecified atom stereocenters. The average Bonchev–Trinajstić information content (AvgIpc) is 2.68. The summed E-state index contributed by atoms with van der Waals surface area (Å²) in [6.07, 6.45) is 0.418. The standard InChI is InChI=1S/C21H24ClFN2O3/c1-3-18(21(27)24-4-2)25(13-15-9-5-6-10-16(15)22)20(26)14-28-19-12-8-7-11-17(19)23/h5-12,18H,3-4,13-14H2,1-2H3,(H,24,27)/t18-/m0/s1. The largest absolute Gasteiger partial charge is 0.481 e. The summed E-state index contributed by atoms with van der Waals surface area (Å²) in [5, 5.41) is 3.25. The smallest absolute Gasteiger partial charge is 0.261 e. The summed E-state index contributed by atoms with van der Waals surface area (Å²) in [6.45, 7) is 3.85. The Morgan fingerprint density at radius 3 is 2.46 bits per heavy atom. The molecule has 150 valence electrons. The zero-order valence-electron chi connectivity index (χ0n) is 16.0. The van der Waals surface area contributed by atoms with Crippen molar-refractivity contribution in [1.82, 2.24) is 10.2 Å². The lowest BCUT2D eigenvalue weighted by molar-refractivity contribution is -0.143. The molecule has 1 N–H and O–H groups in total. The van der Waals surface area contributed by atoms with Gasteiger partial charge in [-0.1, -0.05) is 48.9 Å². The van der Waals surface area contributed by atoms with Gasteiger partial charge in [0.25, 0.3) is 5.91 Å². The quantitative estimate of drug-likeness (QED) is 0.689. The van der Waals surface area contributed by atoms with E-state index in [4.69, 9.17) is 16.3 Å². The van der Waals surface area contributed by atoms with Gasteiger partial charge in [-0.05, 0) is 37.1 Å². The molecule has 2 rings (SSSR count). The number of halogens is 2. The Labute approximate surface area is 169 Å². The van der Waals surface area contributed by atoms with Crippen LogP contribution in [0, 0.1) is 5.82 Å². The molecule has 0 fully saturated rings. The van der Waals surface area contributed by atoms with Crippen LogP contribution in [0.15, 0.2) is 48.5 Å². The van der Waals surface area contributed by atoms with Crippen molar-refractivity contribution >= 4 is 23.4 Å². The Morgan fingerprint density at radius 1 is 1.14 bits per heavy atom. The van der Waals surface area contributed by atoms with Gasteiger partial charge < -0.3 is 15.0 Å². The molecule has 7 heteroatoms. The third-order valence-corrected chi connectivity index (χ3v) is 4.59. The van der Waals surface area contributed by atoms with E-state index in [0.717, 1.165) is 0 Å². The van der Waals surface area contributed by atoms with E-state index in [2.05, 4.69) is 5.32 Å². The number of carbonyl (C=O) groups is 2. The van der Waals surface area contributed by atoms with Crippen molar-refractivity contribution in [1.29, 1.82) is 0 Å². The van der Waals surface area contributed by atoms with Gasteiger partial charge in [0.15, 0.2) is 18.2 Å². The van der Waals surface area contributed by atoms with E-state index in [0.29, 0.717) is 23.6 Å². The van der Waals surface area contributed by atoms with Crippen molar-refractivity contribution in [3.8, 4) is 5.75 Å². The number of nitrogens with one attached hydrogen (secondary N) is 1. The molecular formula is C21H24ClFN2O3. The first-order valence-corrected chi connectivity index (χ1v) is 9.53. The second-order valence-electron chi connectivity index (χ2n) is 6.15. The van der Waals surface area contributed by atoms with Gasteiger partial charge in [-0.15, -0.1) is 0 Å². The normalized spacial score (nSPS) is 11.6. The summed E-state index contributed by atoms with van der Waals surface area (Å²) in [5.74, 6) is -1.25. The molecule has 2 aromatic rings. The predicted octanol–water partition coefficient (Wildman–Crippen LogP) is 3.80. The van der Waals surface area contributed by atoms with Crippen LogP contribution >= 0.6 is 11.6 Å². The van der Waals surface area contributed by atoms with E-state index in [-0.39, 0.29) is 24.8 Å². The molecule has 0 saturated heterocycles. The Balaban J connectivity index is 2.23. The number of para-hydroxylation sites is 1. The number of hydrogen-bond donors (Lipinski definition) is 1.